The summed E-state index contributed by atoms with van der Waals surface area (Å²) in [5.74, 6) is 1.59. The van der Waals surface area contributed by atoms with Gasteiger partial charge in [0.25, 0.3) is 0 Å². The minimum atomic E-state index is -0.406. The summed E-state index contributed by atoms with van der Waals surface area (Å²) in [5.41, 5.74) is 0.911. The van der Waals surface area contributed by atoms with Crippen molar-refractivity contribution in [3.63, 3.8) is 0 Å². The Morgan fingerprint density at radius 1 is 1.25 bits per heavy atom. The van der Waals surface area contributed by atoms with Gasteiger partial charge in [-0.3, -0.25) is 0 Å². The lowest BCUT2D eigenvalue weighted by molar-refractivity contribution is 0.173. The number of benzene rings is 1. The van der Waals surface area contributed by atoms with E-state index in [4.69, 9.17) is 4.74 Å². The maximum atomic E-state index is 9.73. The first-order valence-electron chi connectivity index (χ1n) is 7.02. The van der Waals surface area contributed by atoms with Crippen molar-refractivity contribution in [2.75, 3.05) is 0 Å². The molecule has 1 atom stereocenters. The van der Waals surface area contributed by atoms with Crippen LogP contribution in [0.2, 0.25) is 0 Å². The third-order valence-electron chi connectivity index (χ3n) is 3.15. The summed E-state index contributed by atoms with van der Waals surface area (Å²) in [6.45, 7) is 5.30. The zero-order valence-corrected chi connectivity index (χ0v) is 12.0. The Morgan fingerprint density at radius 3 is 2.65 bits per heavy atom. The topological polar surface area (TPSA) is 60.2 Å². The summed E-state index contributed by atoms with van der Waals surface area (Å²) in [7, 11) is 0. The van der Waals surface area contributed by atoms with Crippen molar-refractivity contribution >= 4 is 0 Å². The van der Waals surface area contributed by atoms with E-state index in [1.807, 2.05) is 35.9 Å². The van der Waals surface area contributed by atoms with E-state index >= 15 is 0 Å². The zero-order valence-electron chi connectivity index (χ0n) is 12.0. The molecule has 0 fully saturated rings. The van der Waals surface area contributed by atoms with Gasteiger partial charge in [0.2, 0.25) is 0 Å². The van der Waals surface area contributed by atoms with Crippen LogP contribution in [0.25, 0.3) is 0 Å². The summed E-state index contributed by atoms with van der Waals surface area (Å²) in [6.07, 6.45) is 2.87. The van der Waals surface area contributed by atoms with Crippen LogP contribution in [0.4, 0.5) is 0 Å². The van der Waals surface area contributed by atoms with Crippen molar-refractivity contribution in [3.8, 4) is 5.75 Å². The van der Waals surface area contributed by atoms with Gasteiger partial charge in [-0.1, -0.05) is 26.0 Å². The molecule has 1 heterocycles. The summed E-state index contributed by atoms with van der Waals surface area (Å²) in [5, 5.41) is 13.9. The molecule has 0 spiro atoms. The minimum absolute atomic E-state index is 0.398. The third-order valence-corrected chi connectivity index (χ3v) is 3.15. The SMILES string of the molecule is CCCn1ncnc1COc1ccc(C(O)CC)cc1. The van der Waals surface area contributed by atoms with Crippen molar-refractivity contribution in [1.29, 1.82) is 0 Å². The number of aromatic nitrogens is 3. The van der Waals surface area contributed by atoms with Crippen LogP contribution < -0.4 is 4.74 Å². The molecule has 0 saturated heterocycles. The summed E-state index contributed by atoms with van der Waals surface area (Å²) in [4.78, 5) is 4.20. The van der Waals surface area contributed by atoms with Crippen LogP contribution in [0.5, 0.6) is 5.75 Å². The van der Waals surface area contributed by atoms with Crippen LogP contribution in [0.3, 0.4) is 0 Å². The normalized spacial score (nSPS) is 12.3. The highest BCUT2D eigenvalue weighted by atomic mass is 16.5. The molecule has 0 amide bonds. The van der Waals surface area contributed by atoms with Crippen LogP contribution in [-0.4, -0.2) is 19.9 Å². The molecule has 1 aromatic heterocycles. The number of aliphatic hydroxyl groups excluding tert-OH is 1. The Hall–Kier alpha value is -1.88. The van der Waals surface area contributed by atoms with Crippen LogP contribution in [0, 0.1) is 0 Å². The molecule has 5 nitrogen and oxygen atoms in total. The molecular weight excluding hydrogens is 254 g/mol. The number of aliphatic hydroxyl groups is 1. The number of rotatable bonds is 7. The molecule has 0 aliphatic heterocycles. The second kappa shape index (κ2) is 7.05. The molecule has 20 heavy (non-hydrogen) atoms. The van der Waals surface area contributed by atoms with E-state index in [0.29, 0.717) is 13.0 Å². The Bertz CT molecular complexity index is 522. The molecule has 2 rings (SSSR count). The quantitative estimate of drug-likeness (QED) is 0.844. The second-order valence-electron chi connectivity index (χ2n) is 4.68. The summed E-state index contributed by atoms with van der Waals surface area (Å²) >= 11 is 0. The number of hydrogen-bond donors (Lipinski definition) is 1. The van der Waals surface area contributed by atoms with Crippen molar-refractivity contribution < 1.29 is 9.84 Å². The summed E-state index contributed by atoms with van der Waals surface area (Å²) in [6, 6.07) is 7.52. The highest BCUT2D eigenvalue weighted by molar-refractivity contribution is 5.28. The second-order valence-corrected chi connectivity index (χ2v) is 4.68. The van der Waals surface area contributed by atoms with Crippen molar-refractivity contribution in [1.82, 2.24) is 14.8 Å². The summed E-state index contributed by atoms with van der Waals surface area (Å²) < 4.78 is 7.56. The van der Waals surface area contributed by atoms with Crippen molar-refractivity contribution in [2.24, 2.45) is 0 Å². The van der Waals surface area contributed by atoms with Crippen molar-refractivity contribution in [2.45, 2.75) is 45.9 Å². The predicted molar refractivity (Wildman–Crippen MR) is 76.3 cm³/mol. The molecule has 0 radical (unpaired) electrons. The lowest BCUT2D eigenvalue weighted by Gasteiger charge is -2.10. The van der Waals surface area contributed by atoms with E-state index in [9.17, 15) is 5.11 Å². The number of aryl methyl sites for hydroxylation is 1. The minimum Gasteiger partial charge on any atom is -0.486 e. The first-order valence-corrected chi connectivity index (χ1v) is 7.02. The Morgan fingerprint density at radius 2 is 2.00 bits per heavy atom. The Kier molecular flexibility index (Phi) is 5.12. The maximum absolute atomic E-state index is 9.73. The Balaban J connectivity index is 1.95. The van der Waals surface area contributed by atoms with Gasteiger partial charge in [-0.2, -0.15) is 5.10 Å². The lowest BCUT2D eigenvalue weighted by atomic mass is 10.1. The highest BCUT2D eigenvalue weighted by Crippen LogP contribution is 2.20. The third kappa shape index (κ3) is 3.57. The molecule has 2 aromatic rings. The molecule has 0 saturated carbocycles. The first-order chi connectivity index (χ1) is 9.74. The molecule has 0 aliphatic rings. The van der Waals surface area contributed by atoms with E-state index in [2.05, 4.69) is 17.0 Å². The van der Waals surface area contributed by atoms with Gasteiger partial charge in [0, 0.05) is 6.54 Å². The van der Waals surface area contributed by atoms with Crippen LogP contribution in [-0.2, 0) is 13.2 Å². The molecule has 5 heteroatoms. The van der Waals surface area contributed by atoms with Crippen LogP contribution >= 0.6 is 0 Å². The standard InChI is InChI=1S/C15H21N3O2/c1-3-9-18-15(16-11-17-18)10-20-13-7-5-12(6-8-13)14(19)4-2/h5-8,11,14,19H,3-4,9-10H2,1-2H3. The lowest BCUT2D eigenvalue weighted by Crippen LogP contribution is -2.08. The average Bonchev–Trinajstić information content (AvgIpc) is 2.92. The van der Waals surface area contributed by atoms with Gasteiger partial charge in [-0.25, -0.2) is 9.67 Å². The molecule has 1 N–H and O–H groups in total. The van der Waals surface area contributed by atoms with Gasteiger partial charge in [-0.15, -0.1) is 0 Å². The highest BCUT2D eigenvalue weighted by Gasteiger charge is 2.06. The number of ether oxygens (including phenoxy) is 1. The van der Waals surface area contributed by atoms with E-state index in [1.54, 1.807) is 6.33 Å². The largest absolute Gasteiger partial charge is 0.486 e. The smallest absolute Gasteiger partial charge is 0.164 e. The van der Waals surface area contributed by atoms with E-state index in [-0.39, 0.29) is 0 Å². The van der Waals surface area contributed by atoms with Gasteiger partial charge < -0.3 is 9.84 Å². The Labute approximate surface area is 119 Å². The molecular formula is C15H21N3O2. The van der Waals surface area contributed by atoms with Gasteiger partial charge >= 0.3 is 0 Å². The van der Waals surface area contributed by atoms with Crippen LogP contribution in [0.15, 0.2) is 30.6 Å². The number of hydrogen-bond acceptors (Lipinski definition) is 4. The molecule has 108 valence electrons. The fourth-order valence-electron chi connectivity index (χ4n) is 1.97. The average molecular weight is 275 g/mol. The van der Waals surface area contributed by atoms with Crippen LogP contribution in [0.1, 0.15) is 44.2 Å². The van der Waals surface area contributed by atoms with E-state index < -0.39 is 6.10 Å². The zero-order chi connectivity index (χ0) is 14.4. The fraction of sp³-hybridized carbons (Fsp3) is 0.467. The van der Waals surface area contributed by atoms with Gasteiger partial charge in [-0.05, 0) is 30.5 Å². The first kappa shape index (κ1) is 14.5. The van der Waals surface area contributed by atoms with Crippen molar-refractivity contribution in [3.05, 3.63) is 42.0 Å². The maximum Gasteiger partial charge on any atom is 0.164 e. The van der Waals surface area contributed by atoms with Gasteiger partial charge in [0.15, 0.2) is 5.82 Å². The van der Waals surface area contributed by atoms with Gasteiger partial charge in [0.1, 0.15) is 18.7 Å². The number of nitrogens with zero attached hydrogens (tertiary/aromatic N) is 3. The molecule has 0 bridgehead atoms. The van der Waals surface area contributed by atoms with E-state index in [0.717, 1.165) is 30.1 Å². The molecule has 1 unspecified atom stereocenters. The molecule has 1 aromatic carbocycles. The fourth-order valence-corrected chi connectivity index (χ4v) is 1.97. The molecule has 0 aliphatic carbocycles. The van der Waals surface area contributed by atoms with E-state index in [1.165, 1.54) is 0 Å². The monoisotopic (exact) mass is 275 g/mol. The van der Waals surface area contributed by atoms with Gasteiger partial charge in [0.05, 0.1) is 6.10 Å². The predicted octanol–water partition coefficient (Wildman–Crippen LogP) is 2.71.